The molecule has 7 nitrogen and oxygen atoms in total. The van der Waals surface area contributed by atoms with E-state index in [1.54, 1.807) is 6.92 Å². The molecule has 1 amide bonds. The van der Waals surface area contributed by atoms with E-state index in [-0.39, 0.29) is 11.4 Å². The lowest BCUT2D eigenvalue weighted by molar-refractivity contribution is -0.383. The van der Waals surface area contributed by atoms with Crippen LogP contribution >= 0.6 is 0 Å². The molecule has 7 heteroatoms. The molecule has 0 unspecified atom stereocenters. The van der Waals surface area contributed by atoms with Crippen molar-refractivity contribution in [3.8, 4) is 0 Å². The van der Waals surface area contributed by atoms with Gasteiger partial charge in [-0.2, -0.15) is 0 Å². The second-order valence-corrected chi connectivity index (χ2v) is 3.30. The van der Waals surface area contributed by atoms with E-state index in [1.165, 1.54) is 19.2 Å². The summed E-state index contributed by atoms with van der Waals surface area (Å²) in [4.78, 5) is 21.7. The Morgan fingerprint density at radius 3 is 2.56 bits per heavy atom. The van der Waals surface area contributed by atoms with Gasteiger partial charge in [-0.25, -0.2) is 4.79 Å². The van der Waals surface area contributed by atoms with Crippen LogP contribution in [0.1, 0.15) is 5.56 Å². The maximum atomic E-state index is 10.7. The molecule has 0 bridgehead atoms. The van der Waals surface area contributed by atoms with E-state index in [0.717, 1.165) is 4.90 Å². The molecular weight excluding hydrogens is 214 g/mol. The van der Waals surface area contributed by atoms with Gasteiger partial charge in [-0.15, -0.1) is 0 Å². The Hall–Kier alpha value is -2.31. The number of nitro groups is 1. The van der Waals surface area contributed by atoms with Crippen molar-refractivity contribution in [3.05, 3.63) is 27.8 Å². The number of anilines is 2. The highest BCUT2D eigenvalue weighted by molar-refractivity contribution is 5.88. The van der Waals surface area contributed by atoms with Crippen LogP contribution in [0.15, 0.2) is 12.1 Å². The van der Waals surface area contributed by atoms with Crippen molar-refractivity contribution in [2.45, 2.75) is 6.92 Å². The van der Waals surface area contributed by atoms with Crippen LogP contribution in [0.2, 0.25) is 0 Å². The first-order valence-corrected chi connectivity index (χ1v) is 4.35. The van der Waals surface area contributed by atoms with Gasteiger partial charge in [0.25, 0.3) is 5.69 Å². The third-order valence-corrected chi connectivity index (χ3v) is 2.19. The fraction of sp³-hybridized carbons (Fsp3) is 0.222. The fourth-order valence-electron chi connectivity index (χ4n) is 1.32. The third kappa shape index (κ3) is 2.02. The summed E-state index contributed by atoms with van der Waals surface area (Å²) in [7, 11) is 1.34. The largest absolute Gasteiger partial charge is 0.465 e. The summed E-state index contributed by atoms with van der Waals surface area (Å²) in [5.41, 5.74) is 6.00. The van der Waals surface area contributed by atoms with Gasteiger partial charge in [0, 0.05) is 13.1 Å². The van der Waals surface area contributed by atoms with Crippen LogP contribution in [0.25, 0.3) is 0 Å². The molecule has 0 saturated carbocycles. The van der Waals surface area contributed by atoms with Crippen molar-refractivity contribution in [1.82, 2.24) is 0 Å². The van der Waals surface area contributed by atoms with Gasteiger partial charge in [-0.05, 0) is 18.6 Å². The number of nitrogens with zero attached hydrogens (tertiary/aromatic N) is 2. The van der Waals surface area contributed by atoms with Crippen LogP contribution < -0.4 is 10.6 Å². The van der Waals surface area contributed by atoms with Crippen molar-refractivity contribution < 1.29 is 14.8 Å². The Morgan fingerprint density at radius 1 is 1.56 bits per heavy atom. The number of rotatable bonds is 2. The lowest BCUT2D eigenvalue weighted by atomic mass is 10.1. The average Bonchev–Trinajstić information content (AvgIpc) is 2.19. The highest BCUT2D eigenvalue weighted by atomic mass is 16.6. The molecule has 0 radical (unpaired) electrons. The SMILES string of the molecule is Cc1cc([N+](=O)[O-])c(N)cc1N(C)C(=O)O. The van der Waals surface area contributed by atoms with Gasteiger partial charge in [0.15, 0.2) is 0 Å². The van der Waals surface area contributed by atoms with Crippen molar-refractivity contribution in [2.24, 2.45) is 0 Å². The van der Waals surface area contributed by atoms with Crippen LogP contribution in [0.4, 0.5) is 21.9 Å². The molecule has 0 atom stereocenters. The van der Waals surface area contributed by atoms with Gasteiger partial charge < -0.3 is 10.8 Å². The minimum absolute atomic E-state index is 0.0568. The first-order chi connectivity index (χ1) is 7.34. The van der Waals surface area contributed by atoms with Gasteiger partial charge in [-0.3, -0.25) is 15.0 Å². The molecule has 0 aliphatic heterocycles. The summed E-state index contributed by atoms with van der Waals surface area (Å²) in [6.07, 6.45) is -1.16. The van der Waals surface area contributed by atoms with Gasteiger partial charge >= 0.3 is 6.09 Å². The molecular formula is C9H11N3O4. The van der Waals surface area contributed by atoms with Crippen molar-refractivity contribution in [3.63, 3.8) is 0 Å². The van der Waals surface area contributed by atoms with E-state index in [1.807, 2.05) is 0 Å². The second kappa shape index (κ2) is 4.05. The number of aryl methyl sites for hydroxylation is 1. The standard InChI is InChI=1S/C9H11N3O4/c1-5-3-8(12(15)16)6(10)4-7(5)11(2)9(13)14/h3-4H,10H2,1-2H3,(H,13,14). The molecule has 0 fully saturated rings. The van der Waals surface area contributed by atoms with E-state index in [2.05, 4.69) is 0 Å². The van der Waals surface area contributed by atoms with Gasteiger partial charge in [0.2, 0.25) is 0 Å². The highest BCUT2D eigenvalue weighted by Gasteiger charge is 2.18. The number of amides is 1. The topological polar surface area (TPSA) is 110 Å². The smallest absolute Gasteiger partial charge is 0.411 e. The number of nitrogen functional groups attached to an aromatic ring is 1. The maximum absolute atomic E-state index is 10.7. The van der Waals surface area contributed by atoms with Crippen molar-refractivity contribution >= 4 is 23.2 Å². The van der Waals surface area contributed by atoms with E-state index >= 15 is 0 Å². The molecule has 1 rings (SSSR count). The predicted molar refractivity (Wildman–Crippen MR) is 58.7 cm³/mol. The van der Waals surface area contributed by atoms with Crippen LogP contribution in [-0.4, -0.2) is 23.2 Å². The molecule has 0 saturated heterocycles. The van der Waals surface area contributed by atoms with Crippen LogP contribution in [0, 0.1) is 17.0 Å². The first-order valence-electron chi connectivity index (χ1n) is 4.35. The minimum Gasteiger partial charge on any atom is -0.465 e. The first kappa shape index (κ1) is 11.8. The number of nitrogens with two attached hydrogens (primary N) is 1. The lowest BCUT2D eigenvalue weighted by Crippen LogP contribution is -2.24. The quantitative estimate of drug-likeness (QED) is 0.451. The number of carbonyl (C=O) groups is 1. The minimum atomic E-state index is -1.16. The Morgan fingerprint density at radius 2 is 2.12 bits per heavy atom. The predicted octanol–water partition coefficient (Wildman–Crippen LogP) is 1.60. The fourth-order valence-corrected chi connectivity index (χ4v) is 1.32. The monoisotopic (exact) mass is 225 g/mol. The molecule has 1 aromatic carbocycles. The maximum Gasteiger partial charge on any atom is 0.411 e. The zero-order valence-corrected chi connectivity index (χ0v) is 8.80. The molecule has 16 heavy (non-hydrogen) atoms. The van der Waals surface area contributed by atoms with Gasteiger partial charge in [-0.1, -0.05) is 0 Å². The van der Waals surface area contributed by atoms with E-state index < -0.39 is 11.0 Å². The van der Waals surface area contributed by atoms with E-state index in [9.17, 15) is 14.9 Å². The summed E-state index contributed by atoms with van der Waals surface area (Å²) in [5, 5.41) is 19.4. The Kier molecular flexibility index (Phi) is 2.98. The number of hydrogen-bond acceptors (Lipinski definition) is 4. The van der Waals surface area contributed by atoms with E-state index in [4.69, 9.17) is 10.8 Å². The van der Waals surface area contributed by atoms with Gasteiger partial charge in [0.05, 0.1) is 10.6 Å². The molecule has 0 aliphatic carbocycles. The summed E-state index contributed by atoms with van der Waals surface area (Å²) in [6, 6.07) is 2.53. The Labute approximate surface area is 91.2 Å². The molecule has 86 valence electrons. The molecule has 0 aliphatic rings. The van der Waals surface area contributed by atoms with Crippen molar-refractivity contribution in [2.75, 3.05) is 17.7 Å². The summed E-state index contributed by atoms with van der Waals surface area (Å²) in [5.74, 6) is 0. The van der Waals surface area contributed by atoms with E-state index in [0.29, 0.717) is 11.3 Å². The highest BCUT2D eigenvalue weighted by Crippen LogP contribution is 2.30. The molecule has 1 aromatic rings. The van der Waals surface area contributed by atoms with Crippen LogP contribution in [-0.2, 0) is 0 Å². The third-order valence-electron chi connectivity index (χ3n) is 2.19. The number of nitro benzene ring substituents is 1. The molecule has 0 heterocycles. The summed E-state index contributed by atoms with van der Waals surface area (Å²) >= 11 is 0. The summed E-state index contributed by atoms with van der Waals surface area (Å²) in [6.45, 7) is 1.58. The summed E-state index contributed by atoms with van der Waals surface area (Å²) < 4.78 is 0. The Bertz CT molecular complexity index is 458. The number of hydrogen-bond donors (Lipinski definition) is 2. The van der Waals surface area contributed by atoms with Gasteiger partial charge in [0.1, 0.15) is 5.69 Å². The normalized spacial score (nSPS) is 9.88. The number of carboxylic acid groups (broad SMARTS) is 1. The zero-order valence-electron chi connectivity index (χ0n) is 8.80. The molecule has 0 aromatic heterocycles. The van der Waals surface area contributed by atoms with Crippen molar-refractivity contribution in [1.29, 1.82) is 0 Å². The average molecular weight is 225 g/mol. The zero-order chi connectivity index (χ0) is 12.5. The van der Waals surface area contributed by atoms with Crippen LogP contribution in [0.5, 0.6) is 0 Å². The lowest BCUT2D eigenvalue weighted by Gasteiger charge is -2.16. The Balaban J connectivity index is 3.31. The second-order valence-electron chi connectivity index (χ2n) is 3.30. The molecule has 0 spiro atoms. The number of benzene rings is 1. The molecule has 3 N–H and O–H groups in total. The van der Waals surface area contributed by atoms with Crippen LogP contribution in [0.3, 0.4) is 0 Å².